The monoisotopic (exact) mass is 964 g/mol. The number of benzene rings is 1. The quantitative estimate of drug-likeness (QED) is 0.0709. The number of nitro benzene ring substituents is 1. The number of hydrogen-bond donors (Lipinski definition) is 2. The molecule has 4 aliphatic rings. The number of allylic oxidation sites excluding steroid dienone is 3. The number of aliphatic hydroxyl groups is 2. The smallest absolute Gasteiger partial charge is 0.329 e. The fourth-order valence-electron chi connectivity index (χ4n) is 10.2. The second-order valence-electron chi connectivity index (χ2n) is 19.0. The molecule has 374 valence electrons. The summed E-state index contributed by atoms with van der Waals surface area (Å²) < 4.78 is 72.5. The van der Waals surface area contributed by atoms with E-state index in [4.69, 9.17) is 23.1 Å². The summed E-state index contributed by atoms with van der Waals surface area (Å²) in [5, 5.41) is 34.6. The van der Waals surface area contributed by atoms with Crippen LogP contribution in [0.1, 0.15) is 112 Å². The van der Waals surface area contributed by atoms with Crippen LogP contribution in [0, 0.1) is 39.7 Å². The van der Waals surface area contributed by atoms with Gasteiger partial charge in [-0.2, -0.15) is 8.42 Å². The lowest BCUT2D eigenvalue weighted by atomic mass is 9.81. The number of ether oxygens (including phenoxy) is 4. The number of cyclic esters (lactones) is 1. The highest BCUT2D eigenvalue weighted by atomic mass is 32.2. The van der Waals surface area contributed by atoms with Gasteiger partial charge in [0.1, 0.15) is 36.3 Å². The molecule has 3 aliphatic heterocycles. The normalized spacial score (nSPS) is 36.8. The van der Waals surface area contributed by atoms with Gasteiger partial charge in [-0.15, -0.1) is 0 Å². The van der Waals surface area contributed by atoms with Crippen LogP contribution in [-0.2, 0) is 52.4 Å². The third-order valence-electron chi connectivity index (χ3n) is 14.3. The zero-order chi connectivity index (χ0) is 49.5. The topological polar surface area (TPSA) is 235 Å². The van der Waals surface area contributed by atoms with E-state index in [1.807, 2.05) is 6.92 Å². The number of carbonyl (C=O) groups is 4. The maximum absolute atomic E-state index is 16.3. The van der Waals surface area contributed by atoms with Crippen LogP contribution in [0.2, 0.25) is 0 Å². The first-order valence-electron chi connectivity index (χ1n) is 23.5. The van der Waals surface area contributed by atoms with Gasteiger partial charge in [0.15, 0.2) is 4.90 Å². The first-order chi connectivity index (χ1) is 31.6. The molecule has 0 radical (unpaired) electrons. The number of para-hydroxylation sites is 1. The molecule has 3 heterocycles. The minimum Gasteiger partial charge on any atom is -0.456 e. The number of fused-ring (bicyclic) bond motifs is 3. The van der Waals surface area contributed by atoms with E-state index in [1.165, 1.54) is 26.4 Å². The van der Waals surface area contributed by atoms with E-state index in [1.54, 1.807) is 46.8 Å². The lowest BCUT2D eigenvalue weighted by Crippen LogP contribution is -2.64. The number of rotatable bonds is 9. The number of aliphatic hydroxyl groups excluding tert-OH is 1. The Kier molecular flexibility index (Phi) is 18.6. The average molecular weight is 965 g/mol. The van der Waals surface area contributed by atoms with Crippen LogP contribution in [0.25, 0.3) is 0 Å². The molecule has 3 fully saturated rings. The molecule has 17 nitrogen and oxygen atoms in total. The van der Waals surface area contributed by atoms with Gasteiger partial charge in [0, 0.05) is 45.1 Å². The number of methoxy groups -OCH3 is 2. The summed E-state index contributed by atoms with van der Waals surface area (Å²) in [4.78, 5) is 68.2. The molecule has 0 spiro atoms. The summed E-state index contributed by atoms with van der Waals surface area (Å²) in [5.74, 6) is -9.20. The number of ketones is 2. The van der Waals surface area contributed by atoms with Crippen molar-refractivity contribution in [2.75, 3.05) is 20.8 Å². The van der Waals surface area contributed by atoms with Crippen LogP contribution in [0.5, 0.6) is 0 Å². The van der Waals surface area contributed by atoms with Crippen molar-refractivity contribution in [3.8, 4) is 0 Å². The molecule has 0 aromatic heterocycles. The van der Waals surface area contributed by atoms with E-state index in [0.29, 0.717) is 36.8 Å². The van der Waals surface area contributed by atoms with Gasteiger partial charge in [0.05, 0.1) is 23.2 Å². The highest BCUT2D eigenvalue weighted by Crippen LogP contribution is 2.40. The molecule has 14 atom stereocenters. The third-order valence-corrected chi connectivity index (χ3v) is 15.6. The molecule has 2 saturated heterocycles. The Labute approximate surface area is 393 Å². The fourth-order valence-corrected chi connectivity index (χ4v) is 11.5. The summed E-state index contributed by atoms with van der Waals surface area (Å²) in [5.41, 5.74) is 0.196. The number of halogens is 1. The van der Waals surface area contributed by atoms with Gasteiger partial charge in [-0.05, 0) is 113 Å². The van der Waals surface area contributed by atoms with Gasteiger partial charge in [-0.25, -0.2) is 9.18 Å². The third kappa shape index (κ3) is 12.4. The number of Topliss-reactive ketones (excluding diaryl/α,β-unsaturated/α-hetero) is 2. The predicted molar refractivity (Wildman–Crippen MR) is 241 cm³/mol. The molecule has 1 aromatic rings. The molecule has 2 N–H and O–H groups in total. The zero-order valence-corrected chi connectivity index (χ0v) is 40.7. The van der Waals surface area contributed by atoms with E-state index in [2.05, 4.69) is 0 Å². The number of hydrogen-bond acceptors (Lipinski definition) is 15. The number of carbonyl (C=O) groups excluding carboxylic acids is 4. The Hall–Kier alpha value is -3.98. The molecule has 19 heteroatoms. The van der Waals surface area contributed by atoms with Crippen molar-refractivity contribution in [3.63, 3.8) is 0 Å². The highest BCUT2D eigenvalue weighted by molar-refractivity contribution is 7.87. The van der Waals surface area contributed by atoms with Gasteiger partial charge in [-0.1, -0.05) is 52.0 Å². The van der Waals surface area contributed by atoms with Crippen LogP contribution >= 0.6 is 0 Å². The van der Waals surface area contributed by atoms with E-state index >= 15 is 4.39 Å². The molecule has 1 aliphatic carbocycles. The first kappa shape index (κ1) is 54.0. The van der Waals surface area contributed by atoms with Crippen molar-refractivity contribution in [2.24, 2.45) is 29.6 Å². The number of piperidine rings is 1. The van der Waals surface area contributed by atoms with Crippen molar-refractivity contribution in [3.05, 3.63) is 57.7 Å². The maximum Gasteiger partial charge on any atom is 0.329 e. The SMILES string of the molecule is CCC1/C=C(\C)C(F)C(C)CC(OC)C2OC(O)(C(=O)C(=O)N3CCCCC3C(=O)OC(C(C)=CC3CCC(O)C(OS(=O)(=O)c4ccccc4[N+](=O)[O-])C3)C(C)CCC1=O)C(C)CC2OC. The predicted octanol–water partition coefficient (Wildman–Crippen LogP) is 6.12. The van der Waals surface area contributed by atoms with Crippen LogP contribution in [0.15, 0.2) is 52.5 Å². The van der Waals surface area contributed by atoms with Gasteiger partial charge in [0.2, 0.25) is 5.79 Å². The molecule has 1 aromatic carbocycles. The second kappa shape index (κ2) is 23.1. The van der Waals surface area contributed by atoms with E-state index in [-0.39, 0.29) is 57.3 Å². The van der Waals surface area contributed by atoms with Crippen molar-refractivity contribution in [2.45, 2.75) is 172 Å². The van der Waals surface area contributed by atoms with E-state index in [0.717, 1.165) is 17.0 Å². The minimum atomic E-state index is -4.70. The molecular weight excluding hydrogens is 896 g/mol. The lowest BCUT2D eigenvalue weighted by molar-refractivity contribution is -0.387. The Morgan fingerprint density at radius 2 is 1.66 bits per heavy atom. The molecule has 14 unspecified atom stereocenters. The molecule has 2 bridgehead atoms. The van der Waals surface area contributed by atoms with Crippen LogP contribution in [-0.4, -0.2) is 127 Å². The van der Waals surface area contributed by atoms with Crippen LogP contribution < -0.4 is 0 Å². The van der Waals surface area contributed by atoms with Gasteiger partial charge in [-0.3, -0.25) is 28.7 Å². The summed E-state index contributed by atoms with van der Waals surface area (Å²) in [7, 11) is -1.86. The van der Waals surface area contributed by atoms with E-state index < -0.39 is 127 Å². The fraction of sp³-hybridized carbons (Fsp3) is 0.708. The van der Waals surface area contributed by atoms with E-state index in [9.17, 15) is 47.9 Å². The summed E-state index contributed by atoms with van der Waals surface area (Å²) in [6, 6.07) is 3.51. The molecule has 5 rings (SSSR count). The van der Waals surface area contributed by atoms with Crippen molar-refractivity contribution in [1.29, 1.82) is 0 Å². The summed E-state index contributed by atoms with van der Waals surface area (Å²) >= 11 is 0. The number of nitrogens with zero attached hydrogens (tertiary/aromatic N) is 2. The number of amides is 1. The Morgan fingerprint density at radius 1 is 0.985 bits per heavy atom. The number of alkyl halides is 1. The number of nitro groups is 1. The Balaban J connectivity index is 1.50. The second-order valence-corrected chi connectivity index (χ2v) is 20.6. The number of esters is 1. The Bertz CT molecular complexity index is 2130. The van der Waals surface area contributed by atoms with Gasteiger partial charge >= 0.3 is 16.1 Å². The Morgan fingerprint density at radius 3 is 2.31 bits per heavy atom. The molecule has 1 amide bonds. The minimum absolute atomic E-state index is 0.00413. The van der Waals surface area contributed by atoms with Crippen LogP contribution in [0.3, 0.4) is 0 Å². The summed E-state index contributed by atoms with van der Waals surface area (Å²) in [6.07, 6.45) is -1.82. The largest absolute Gasteiger partial charge is 0.456 e. The standard InChI is InChI=1S/C48H69FN2O15S/c1-9-33-23-28(3)42(49)29(4)24-39(62-7)44-40(63-8)25-31(6)48(57,65-44)45(54)46(55)50-21-13-12-15-35(50)47(56)64-43(27(2)17-19-36(33)52)30(5)22-32-18-20-37(53)38(26-32)66-67(60,61)41-16-11-10-14-34(41)51(58)59/h10-11,14,16,22-23,27,29,31-33,35,37-40,42-44,53,57H,9,12-13,15,17-21,24-26H2,1-8H3/b28-23+,30-22?. The maximum atomic E-state index is 16.3. The van der Waals surface area contributed by atoms with Gasteiger partial charge < -0.3 is 34.1 Å². The van der Waals surface area contributed by atoms with Crippen molar-refractivity contribution >= 4 is 39.2 Å². The summed E-state index contributed by atoms with van der Waals surface area (Å²) in [6.45, 7) is 10.2. The highest BCUT2D eigenvalue weighted by Gasteiger charge is 2.57. The van der Waals surface area contributed by atoms with Crippen LogP contribution in [0.4, 0.5) is 10.1 Å². The molecule has 67 heavy (non-hydrogen) atoms. The first-order valence-corrected chi connectivity index (χ1v) is 24.9. The molecule has 1 saturated carbocycles. The lowest BCUT2D eigenvalue weighted by Gasteiger charge is -2.47. The average Bonchev–Trinajstić information content (AvgIpc) is 3.31. The van der Waals surface area contributed by atoms with Gasteiger partial charge in [0.25, 0.3) is 17.4 Å². The van der Waals surface area contributed by atoms with Crippen molar-refractivity contribution in [1.82, 2.24) is 4.90 Å². The molecular formula is C48H69FN2O15S. The zero-order valence-electron chi connectivity index (χ0n) is 39.8. The van der Waals surface area contributed by atoms with Crippen molar-refractivity contribution < 1.29 is 70.3 Å².